The number of nitrogens with zero attached hydrogens (tertiary/aromatic N) is 4. The van der Waals surface area contributed by atoms with Crippen LogP contribution in [0.4, 0.5) is 0 Å². The molecule has 0 aliphatic carbocycles. The molecule has 34 heavy (non-hydrogen) atoms. The van der Waals surface area contributed by atoms with Crippen LogP contribution in [0.5, 0.6) is 5.75 Å². The maximum Gasteiger partial charge on any atom is 0.267 e. The molecule has 0 saturated heterocycles. The molecule has 1 amide bonds. The van der Waals surface area contributed by atoms with Gasteiger partial charge in [-0.05, 0) is 34.9 Å². The van der Waals surface area contributed by atoms with Gasteiger partial charge >= 0.3 is 0 Å². The van der Waals surface area contributed by atoms with Crippen LogP contribution in [0.1, 0.15) is 21.6 Å². The molecule has 3 aromatic heterocycles. The Hall–Kier alpha value is -4.50. The van der Waals surface area contributed by atoms with Crippen LogP contribution in [0.25, 0.3) is 44.9 Å². The van der Waals surface area contributed by atoms with Crippen molar-refractivity contribution in [2.24, 2.45) is 12.8 Å². The third-order valence-corrected chi connectivity index (χ3v) is 6.19. The molecule has 0 atom stereocenters. The fourth-order valence-electron chi connectivity index (χ4n) is 4.42. The molecule has 9 nitrogen and oxygen atoms in total. The number of hydrogen-bond donors (Lipinski definition) is 4. The first-order valence-corrected chi connectivity index (χ1v) is 10.8. The van der Waals surface area contributed by atoms with Crippen LogP contribution in [-0.4, -0.2) is 35.7 Å². The molecular weight excluding hydrogens is 430 g/mol. The zero-order valence-electron chi connectivity index (χ0n) is 18.3. The van der Waals surface area contributed by atoms with Crippen LogP contribution in [0.15, 0.2) is 54.7 Å². The Labute approximate surface area is 194 Å². The molecule has 9 heteroatoms. The van der Waals surface area contributed by atoms with E-state index in [1.165, 1.54) is 11.1 Å². The van der Waals surface area contributed by atoms with Crippen molar-refractivity contribution in [1.29, 1.82) is 0 Å². The predicted molar refractivity (Wildman–Crippen MR) is 128 cm³/mol. The van der Waals surface area contributed by atoms with Crippen molar-refractivity contribution in [3.63, 3.8) is 0 Å². The average Bonchev–Trinajstić information content (AvgIpc) is 3.53. The summed E-state index contributed by atoms with van der Waals surface area (Å²) >= 11 is 0. The quantitative estimate of drug-likeness (QED) is 0.332. The molecule has 0 spiro atoms. The maximum atomic E-state index is 11.2. The normalized spacial score (nSPS) is 12.9. The van der Waals surface area contributed by atoms with E-state index in [1.54, 1.807) is 30.1 Å². The van der Waals surface area contributed by atoms with Crippen LogP contribution in [-0.2, 0) is 20.1 Å². The highest BCUT2D eigenvalue weighted by Crippen LogP contribution is 2.38. The minimum Gasteiger partial charge on any atom is -0.504 e. The molecule has 168 valence electrons. The second kappa shape index (κ2) is 7.53. The van der Waals surface area contributed by atoms with Gasteiger partial charge in [-0.3, -0.25) is 14.5 Å². The highest BCUT2D eigenvalue weighted by atomic mass is 16.3. The molecule has 1 aliphatic heterocycles. The summed E-state index contributed by atoms with van der Waals surface area (Å²) in [6, 6.07) is 15.2. The van der Waals surface area contributed by atoms with E-state index in [0.717, 1.165) is 40.8 Å². The molecule has 1 aliphatic rings. The minimum atomic E-state index is -0.561. The number of aromatic amines is 1. The highest BCUT2D eigenvalue weighted by molar-refractivity contribution is 5.91. The zero-order chi connectivity index (χ0) is 23.4. The van der Waals surface area contributed by atoms with Crippen molar-refractivity contribution in [3.05, 3.63) is 71.5 Å². The average molecular weight is 451 g/mol. The molecule has 0 saturated carbocycles. The molecule has 6 rings (SSSR count). The predicted octanol–water partition coefficient (Wildman–Crippen LogP) is 3.10. The lowest BCUT2D eigenvalue weighted by Gasteiger charge is -2.04. The van der Waals surface area contributed by atoms with Crippen molar-refractivity contribution >= 4 is 16.9 Å². The van der Waals surface area contributed by atoms with Crippen molar-refractivity contribution in [2.45, 2.75) is 13.1 Å². The number of nitrogens with one attached hydrogen (secondary N) is 2. The van der Waals surface area contributed by atoms with Gasteiger partial charge in [0.15, 0.2) is 11.6 Å². The minimum absolute atomic E-state index is 0.0657. The van der Waals surface area contributed by atoms with Crippen molar-refractivity contribution in [3.8, 4) is 39.7 Å². The molecule has 0 unspecified atom stereocenters. The number of imidazole rings is 1. The largest absolute Gasteiger partial charge is 0.504 e. The van der Waals surface area contributed by atoms with E-state index in [0.29, 0.717) is 17.2 Å². The lowest BCUT2D eigenvalue weighted by atomic mass is 10.0. The summed E-state index contributed by atoms with van der Waals surface area (Å²) in [7, 11) is 1.79. The van der Waals surface area contributed by atoms with Crippen molar-refractivity contribution in [1.82, 2.24) is 30.0 Å². The van der Waals surface area contributed by atoms with Gasteiger partial charge in [-0.25, -0.2) is 4.98 Å². The number of primary amides is 1. The number of aromatic nitrogens is 5. The van der Waals surface area contributed by atoms with E-state index in [-0.39, 0.29) is 11.4 Å². The first kappa shape index (κ1) is 20.1. The first-order valence-electron chi connectivity index (χ1n) is 10.8. The fraction of sp³-hybridized carbons (Fsp3) is 0.120. The van der Waals surface area contributed by atoms with Gasteiger partial charge in [0, 0.05) is 37.5 Å². The lowest BCUT2D eigenvalue weighted by molar-refractivity contribution is 0.0995. The number of carbonyl (C=O) groups is 1. The highest BCUT2D eigenvalue weighted by Gasteiger charge is 2.22. The summed E-state index contributed by atoms with van der Waals surface area (Å²) in [5, 5.41) is 19.0. The van der Waals surface area contributed by atoms with Gasteiger partial charge in [0.2, 0.25) is 0 Å². The number of fused-ring (bicyclic) bond motifs is 2. The number of H-pyrrole nitrogens is 1. The van der Waals surface area contributed by atoms with E-state index >= 15 is 0 Å². The van der Waals surface area contributed by atoms with Gasteiger partial charge in [0.05, 0.1) is 11.0 Å². The monoisotopic (exact) mass is 451 g/mol. The van der Waals surface area contributed by atoms with E-state index < -0.39 is 5.91 Å². The SMILES string of the molecule is Cn1nc(-c2ccc(-c3ccc(C(N)=O)nc3)cc2)c(O)c1-c1nc2cc3c(cc2[nH]1)CNC3. The van der Waals surface area contributed by atoms with E-state index in [1.807, 2.05) is 24.3 Å². The number of hydrogen-bond acceptors (Lipinski definition) is 6. The van der Waals surface area contributed by atoms with Crippen LogP contribution < -0.4 is 11.1 Å². The summed E-state index contributed by atoms with van der Waals surface area (Å²) in [5.74, 6) is 0.0764. The first-order chi connectivity index (χ1) is 16.5. The van der Waals surface area contributed by atoms with E-state index in [4.69, 9.17) is 10.7 Å². The van der Waals surface area contributed by atoms with Gasteiger partial charge in [0.1, 0.15) is 17.1 Å². The molecule has 0 radical (unpaired) electrons. The molecule has 4 heterocycles. The number of carbonyl (C=O) groups excluding carboxylic acids is 1. The summed E-state index contributed by atoms with van der Waals surface area (Å²) in [6.07, 6.45) is 1.61. The zero-order valence-corrected chi connectivity index (χ0v) is 18.3. The number of pyridine rings is 1. The second-order valence-electron chi connectivity index (χ2n) is 8.37. The standard InChI is InChI=1S/C25H21N7O2/c1-32-22(25-29-19-8-16-10-27-11-17(16)9-20(19)30-25)23(33)21(31-32)14-4-2-13(3-5-14)15-6-7-18(24(26)34)28-12-15/h2-9,12,27,33H,10-11H2,1H3,(H2,26,34)(H,29,30). The van der Waals surface area contributed by atoms with E-state index in [9.17, 15) is 9.90 Å². The molecule has 2 aromatic carbocycles. The Morgan fingerprint density at radius 1 is 1.03 bits per heavy atom. The van der Waals surface area contributed by atoms with Gasteiger partial charge in [-0.2, -0.15) is 5.10 Å². The number of amides is 1. The number of rotatable bonds is 4. The third-order valence-electron chi connectivity index (χ3n) is 6.19. The lowest BCUT2D eigenvalue weighted by Crippen LogP contribution is -2.12. The van der Waals surface area contributed by atoms with Gasteiger partial charge in [0.25, 0.3) is 5.91 Å². The summed E-state index contributed by atoms with van der Waals surface area (Å²) in [6.45, 7) is 1.69. The third kappa shape index (κ3) is 3.22. The Balaban J connectivity index is 1.34. The van der Waals surface area contributed by atoms with Gasteiger partial charge in [-0.15, -0.1) is 0 Å². The Morgan fingerprint density at radius 2 is 1.74 bits per heavy atom. The number of aryl methyl sites for hydroxylation is 1. The number of aromatic hydroxyl groups is 1. The Kier molecular flexibility index (Phi) is 4.46. The number of nitrogens with two attached hydrogens (primary N) is 1. The number of benzene rings is 2. The van der Waals surface area contributed by atoms with Crippen molar-refractivity contribution < 1.29 is 9.90 Å². The topological polar surface area (TPSA) is 135 Å². The molecule has 5 aromatic rings. The van der Waals surface area contributed by atoms with Crippen LogP contribution in [0.3, 0.4) is 0 Å². The molecule has 5 N–H and O–H groups in total. The van der Waals surface area contributed by atoms with Crippen LogP contribution in [0.2, 0.25) is 0 Å². The summed E-state index contributed by atoms with van der Waals surface area (Å²) < 4.78 is 1.64. The summed E-state index contributed by atoms with van der Waals surface area (Å²) in [4.78, 5) is 23.4. The second-order valence-corrected chi connectivity index (χ2v) is 8.37. The summed E-state index contributed by atoms with van der Waals surface area (Å²) in [5.41, 5.74) is 13.3. The van der Waals surface area contributed by atoms with Gasteiger partial charge in [-0.1, -0.05) is 30.3 Å². The van der Waals surface area contributed by atoms with Crippen LogP contribution >= 0.6 is 0 Å². The van der Waals surface area contributed by atoms with Gasteiger partial charge < -0.3 is 21.1 Å². The molecular formula is C25H21N7O2. The Morgan fingerprint density at radius 3 is 2.44 bits per heavy atom. The molecule has 0 fully saturated rings. The maximum absolute atomic E-state index is 11.2. The molecule has 0 bridgehead atoms. The Bertz CT molecular complexity index is 1520. The van der Waals surface area contributed by atoms with Crippen LogP contribution in [0, 0.1) is 0 Å². The van der Waals surface area contributed by atoms with E-state index in [2.05, 4.69) is 32.5 Å². The van der Waals surface area contributed by atoms with Crippen molar-refractivity contribution in [2.75, 3.05) is 0 Å². The smallest absolute Gasteiger partial charge is 0.267 e. The fourth-order valence-corrected chi connectivity index (χ4v) is 4.42.